The van der Waals surface area contributed by atoms with Gasteiger partial charge in [-0.05, 0) is 25.5 Å². The fourth-order valence-corrected chi connectivity index (χ4v) is 3.05. The van der Waals surface area contributed by atoms with Crippen LogP contribution < -0.4 is 15.1 Å². The lowest BCUT2D eigenvalue weighted by Crippen LogP contribution is -2.35. The third kappa shape index (κ3) is 2.30. The van der Waals surface area contributed by atoms with E-state index in [9.17, 15) is 14.7 Å². The van der Waals surface area contributed by atoms with E-state index in [0.29, 0.717) is 18.7 Å². The third-order valence-electron chi connectivity index (χ3n) is 4.11. The summed E-state index contributed by atoms with van der Waals surface area (Å²) in [5.74, 6) is -0.900. The van der Waals surface area contributed by atoms with Crippen molar-refractivity contribution in [3.63, 3.8) is 0 Å². The van der Waals surface area contributed by atoms with Crippen molar-refractivity contribution in [1.82, 2.24) is 0 Å². The first-order valence-corrected chi connectivity index (χ1v) is 7.32. The predicted molar refractivity (Wildman–Crippen MR) is 81.4 cm³/mol. The number of carboxylic acids is 1. The van der Waals surface area contributed by atoms with Crippen molar-refractivity contribution in [3.05, 3.63) is 17.7 Å². The van der Waals surface area contributed by atoms with Crippen molar-refractivity contribution < 1.29 is 14.7 Å². The Kier molecular flexibility index (Phi) is 3.45. The van der Waals surface area contributed by atoms with Crippen LogP contribution in [0.25, 0.3) is 0 Å². The number of anilines is 3. The quantitative estimate of drug-likeness (QED) is 0.887. The molecule has 0 saturated carbocycles. The van der Waals surface area contributed by atoms with Gasteiger partial charge in [-0.1, -0.05) is 0 Å². The van der Waals surface area contributed by atoms with Crippen molar-refractivity contribution in [1.29, 1.82) is 0 Å². The highest BCUT2D eigenvalue weighted by Crippen LogP contribution is 2.40. The second-order valence-corrected chi connectivity index (χ2v) is 5.35. The fourth-order valence-electron chi connectivity index (χ4n) is 3.05. The van der Waals surface area contributed by atoms with Crippen LogP contribution in [-0.4, -0.2) is 43.2 Å². The summed E-state index contributed by atoms with van der Waals surface area (Å²) in [6.45, 7) is 5.14. The van der Waals surface area contributed by atoms with Gasteiger partial charge in [0.05, 0.1) is 22.6 Å². The van der Waals surface area contributed by atoms with Crippen LogP contribution in [-0.2, 0) is 4.79 Å². The summed E-state index contributed by atoms with van der Waals surface area (Å²) in [4.78, 5) is 27.3. The number of rotatable bonds is 3. The molecule has 6 heteroatoms. The van der Waals surface area contributed by atoms with Crippen LogP contribution in [0.5, 0.6) is 0 Å². The number of fused-ring (bicyclic) bond motifs is 1. The van der Waals surface area contributed by atoms with Crippen molar-refractivity contribution in [3.8, 4) is 0 Å². The molecule has 3 rings (SSSR count). The maximum Gasteiger partial charge on any atom is 0.335 e. The van der Waals surface area contributed by atoms with E-state index >= 15 is 0 Å². The topological polar surface area (TPSA) is 72.9 Å². The number of amides is 1. The number of carboxylic acid groups (broad SMARTS) is 1. The first-order chi connectivity index (χ1) is 10.1. The summed E-state index contributed by atoms with van der Waals surface area (Å²) in [5, 5.41) is 12.7. The number of carbonyl (C=O) groups excluding carboxylic acids is 1. The van der Waals surface area contributed by atoms with Crippen LogP contribution in [0.15, 0.2) is 12.1 Å². The van der Waals surface area contributed by atoms with E-state index in [1.54, 1.807) is 17.0 Å². The van der Waals surface area contributed by atoms with E-state index in [2.05, 4.69) is 10.2 Å². The van der Waals surface area contributed by atoms with E-state index in [0.717, 1.165) is 37.4 Å². The van der Waals surface area contributed by atoms with Crippen molar-refractivity contribution in [2.75, 3.05) is 41.3 Å². The minimum absolute atomic E-state index is 0.0650. The van der Waals surface area contributed by atoms with Crippen LogP contribution in [0.3, 0.4) is 0 Å². The van der Waals surface area contributed by atoms with Gasteiger partial charge in [-0.25, -0.2) is 4.79 Å². The van der Waals surface area contributed by atoms with Crippen LogP contribution in [0.4, 0.5) is 17.1 Å². The first kappa shape index (κ1) is 13.7. The lowest BCUT2D eigenvalue weighted by atomic mass is 10.1. The largest absolute Gasteiger partial charge is 0.478 e. The number of hydrogen-bond donors (Lipinski definition) is 2. The number of hydrogen-bond acceptors (Lipinski definition) is 4. The van der Waals surface area contributed by atoms with Crippen LogP contribution in [0.1, 0.15) is 30.1 Å². The molecule has 2 aliphatic rings. The Labute approximate surface area is 123 Å². The zero-order chi connectivity index (χ0) is 15.0. The molecule has 2 heterocycles. The van der Waals surface area contributed by atoms with Crippen LogP contribution >= 0.6 is 0 Å². The molecule has 0 atom stereocenters. The summed E-state index contributed by atoms with van der Waals surface area (Å²) >= 11 is 0. The summed E-state index contributed by atoms with van der Waals surface area (Å²) in [6.07, 6.45) is 1.35. The van der Waals surface area contributed by atoms with E-state index in [4.69, 9.17) is 0 Å². The standard InChI is InChI=1S/C15H19N3O3/c1-2-17-7-5-16-14-11(17)8-10(15(20)21)9-12(14)18-6-3-4-13(18)19/h8-9,16H,2-7H2,1H3,(H,20,21). The van der Waals surface area contributed by atoms with Gasteiger partial charge in [-0.15, -0.1) is 0 Å². The summed E-state index contributed by atoms with van der Waals surface area (Å²) in [7, 11) is 0. The molecule has 21 heavy (non-hydrogen) atoms. The molecule has 0 aromatic heterocycles. The maximum absolute atomic E-state index is 12.0. The number of nitrogens with one attached hydrogen (secondary N) is 1. The second-order valence-electron chi connectivity index (χ2n) is 5.35. The zero-order valence-electron chi connectivity index (χ0n) is 12.1. The Bertz CT molecular complexity index is 600. The average Bonchev–Trinajstić information content (AvgIpc) is 2.91. The minimum Gasteiger partial charge on any atom is -0.478 e. The Balaban J connectivity index is 2.15. The van der Waals surface area contributed by atoms with Gasteiger partial charge < -0.3 is 20.2 Å². The molecular formula is C15H19N3O3. The Morgan fingerprint density at radius 3 is 2.71 bits per heavy atom. The molecule has 0 bridgehead atoms. The predicted octanol–water partition coefficient (Wildman–Crippen LogP) is 1.76. The van der Waals surface area contributed by atoms with Crippen LogP contribution in [0.2, 0.25) is 0 Å². The molecule has 1 aromatic rings. The zero-order valence-corrected chi connectivity index (χ0v) is 12.1. The molecule has 6 nitrogen and oxygen atoms in total. The molecule has 112 valence electrons. The average molecular weight is 289 g/mol. The van der Waals surface area contributed by atoms with Crippen molar-refractivity contribution >= 4 is 28.9 Å². The SMILES string of the molecule is CCN1CCNc2c1cc(C(=O)O)cc2N1CCCC1=O. The monoisotopic (exact) mass is 289 g/mol. The molecular weight excluding hydrogens is 270 g/mol. The number of carbonyl (C=O) groups is 2. The summed E-state index contributed by atoms with van der Waals surface area (Å²) < 4.78 is 0. The fraction of sp³-hybridized carbons (Fsp3) is 0.467. The summed E-state index contributed by atoms with van der Waals surface area (Å²) in [5.41, 5.74) is 2.68. The third-order valence-corrected chi connectivity index (χ3v) is 4.11. The number of nitrogens with zero attached hydrogens (tertiary/aromatic N) is 2. The van der Waals surface area contributed by atoms with Crippen molar-refractivity contribution in [2.24, 2.45) is 0 Å². The smallest absolute Gasteiger partial charge is 0.335 e. The van der Waals surface area contributed by atoms with E-state index < -0.39 is 5.97 Å². The van der Waals surface area contributed by atoms with Gasteiger partial charge in [-0.2, -0.15) is 0 Å². The Morgan fingerprint density at radius 1 is 1.33 bits per heavy atom. The highest BCUT2D eigenvalue weighted by atomic mass is 16.4. The summed E-state index contributed by atoms with van der Waals surface area (Å²) in [6, 6.07) is 3.30. The lowest BCUT2D eigenvalue weighted by molar-refractivity contribution is -0.117. The van der Waals surface area contributed by atoms with Gasteiger partial charge in [0.1, 0.15) is 0 Å². The molecule has 1 saturated heterocycles. The molecule has 2 aliphatic heterocycles. The normalized spacial score (nSPS) is 17.7. The van der Waals surface area contributed by atoms with E-state index in [1.165, 1.54) is 0 Å². The first-order valence-electron chi connectivity index (χ1n) is 7.32. The Morgan fingerprint density at radius 2 is 2.10 bits per heavy atom. The molecule has 0 spiro atoms. The van der Waals surface area contributed by atoms with Gasteiger partial charge in [-0.3, -0.25) is 4.79 Å². The number of aromatic carboxylic acids is 1. The molecule has 0 aliphatic carbocycles. The highest BCUT2D eigenvalue weighted by molar-refractivity contribution is 6.04. The lowest BCUT2D eigenvalue weighted by Gasteiger charge is -2.34. The molecule has 0 radical (unpaired) electrons. The number of likely N-dealkylation sites (N-methyl/N-ethyl adjacent to an activating group) is 1. The highest BCUT2D eigenvalue weighted by Gasteiger charge is 2.29. The van der Waals surface area contributed by atoms with E-state index in [-0.39, 0.29) is 11.5 Å². The molecule has 1 fully saturated rings. The van der Waals surface area contributed by atoms with Gasteiger partial charge in [0.25, 0.3) is 0 Å². The Hall–Kier alpha value is -2.24. The molecule has 0 unspecified atom stereocenters. The minimum atomic E-state index is -0.965. The maximum atomic E-state index is 12.0. The molecule has 1 aromatic carbocycles. The second kappa shape index (κ2) is 5.27. The molecule has 1 amide bonds. The van der Waals surface area contributed by atoms with Crippen molar-refractivity contribution in [2.45, 2.75) is 19.8 Å². The van der Waals surface area contributed by atoms with Gasteiger partial charge in [0, 0.05) is 32.6 Å². The van der Waals surface area contributed by atoms with Crippen LogP contribution in [0, 0.1) is 0 Å². The van der Waals surface area contributed by atoms with Gasteiger partial charge >= 0.3 is 5.97 Å². The number of benzene rings is 1. The molecule has 2 N–H and O–H groups in total. The van der Waals surface area contributed by atoms with Gasteiger partial charge in [0.15, 0.2) is 0 Å². The van der Waals surface area contributed by atoms with Gasteiger partial charge in [0.2, 0.25) is 5.91 Å². The van der Waals surface area contributed by atoms with E-state index in [1.807, 2.05) is 6.92 Å².